The van der Waals surface area contributed by atoms with Crippen molar-refractivity contribution in [2.45, 2.75) is 31.6 Å². The number of esters is 2. The van der Waals surface area contributed by atoms with Gasteiger partial charge < -0.3 is 9.47 Å². The molecule has 0 saturated heterocycles. The number of hydrogen-bond donors (Lipinski definition) is 0. The third-order valence-electron chi connectivity index (χ3n) is 5.29. The standard InChI is InChI=1S/C25H26N2O6S2/c1-4-32-24(28)21-16(3)26-20(15-34-35-19-12-7-6-8-13-19)23(25(29)33-5-2)22(21)17-10-9-11-18(14-17)27(30)31/h6-14,21-22H,4-5,15H2,1-3H3. The van der Waals surface area contributed by atoms with Crippen molar-refractivity contribution in [3.05, 3.63) is 81.5 Å². The third-order valence-corrected chi connectivity index (χ3v) is 7.54. The maximum Gasteiger partial charge on any atom is 0.336 e. The van der Waals surface area contributed by atoms with Gasteiger partial charge >= 0.3 is 11.9 Å². The molecule has 0 aliphatic carbocycles. The Balaban J connectivity index is 2.09. The summed E-state index contributed by atoms with van der Waals surface area (Å²) in [5.41, 5.74) is 1.49. The van der Waals surface area contributed by atoms with Gasteiger partial charge in [0.05, 0.1) is 29.4 Å². The van der Waals surface area contributed by atoms with E-state index in [0.717, 1.165) is 4.90 Å². The van der Waals surface area contributed by atoms with Crippen molar-refractivity contribution in [2.75, 3.05) is 19.0 Å². The molecule has 1 aliphatic heterocycles. The van der Waals surface area contributed by atoms with Gasteiger partial charge in [0.2, 0.25) is 0 Å². The zero-order valence-corrected chi connectivity index (χ0v) is 21.3. The predicted octanol–water partition coefficient (Wildman–Crippen LogP) is 5.59. The number of carbonyl (C=O) groups is 2. The van der Waals surface area contributed by atoms with Crippen molar-refractivity contribution in [3.8, 4) is 0 Å². The first-order valence-corrected chi connectivity index (χ1v) is 13.4. The van der Waals surface area contributed by atoms with Crippen LogP contribution in [0.4, 0.5) is 5.69 Å². The molecule has 0 radical (unpaired) electrons. The Morgan fingerprint density at radius 2 is 1.77 bits per heavy atom. The lowest BCUT2D eigenvalue weighted by Gasteiger charge is -2.32. The summed E-state index contributed by atoms with van der Waals surface area (Å²) in [5.74, 6) is -2.52. The zero-order chi connectivity index (χ0) is 25.4. The molecule has 0 saturated carbocycles. The van der Waals surface area contributed by atoms with Crippen molar-refractivity contribution in [3.63, 3.8) is 0 Å². The number of nitrogens with zero attached hydrogens (tertiary/aromatic N) is 2. The van der Waals surface area contributed by atoms with Gasteiger partial charge in [0.15, 0.2) is 0 Å². The fourth-order valence-corrected chi connectivity index (χ4v) is 5.90. The Morgan fingerprint density at radius 1 is 1.06 bits per heavy atom. The molecule has 3 rings (SSSR count). The quantitative estimate of drug-likeness (QED) is 0.175. The van der Waals surface area contributed by atoms with Gasteiger partial charge in [-0.15, -0.1) is 0 Å². The van der Waals surface area contributed by atoms with Crippen LogP contribution in [0.25, 0.3) is 0 Å². The topological polar surface area (TPSA) is 108 Å². The molecule has 2 unspecified atom stereocenters. The van der Waals surface area contributed by atoms with Crippen molar-refractivity contribution in [1.29, 1.82) is 0 Å². The van der Waals surface area contributed by atoms with E-state index < -0.39 is 28.7 Å². The van der Waals surface area contributed by atoms with Crippen LogP contribution in [0.15, 0.2) is 75.8 Å². The van der Waals surface area contributed by atoms with Crippen molar-refractivity contribution in [1.82, 2.24) is 0 Å². The summed E-state index contributed by atoms with van der Waals surface area (Å²) in [7, 11) is 3.04. The summed E-state index contributed by atoms with van der Waals surface area (Å²) in [6, 6.07) is 15.8. The highest BCUT2D eigenvalue weighted by Crippen LogP contribution is 2.43. The normalized spacial score (nSPS) is 17.5. The second kappa shape index (κ2) is 12.6. The average Bonchev–Trinajstić information content (AvgIpc) is 2.84. The molecule has 10 heteroatoms. The Labute approximate surface area is 211 Å². The second-order valence-corrected chi connectivity index (χ2v) is 9.92. The number of nitro groups is 1. The van der Waals surface area contributed by atoms with E-state index in [-0.39, 0.29) is 24.5 Å². The van der Waals surface area contributed by atoms with E-state index in [1.165, 1.54) is 22.9 Å². The van der Waals surface area contributed by atoms with Gasteiger partial charge in [0, 0.05) is 34.4 Å². The Hall–Kier alpha value is -3.11. The molecule has 1 heterocycles. The van der Waals surface area contributed by atoms with Crippen LogP contribution in [-0.4, -0.2) is 41.5 Å². The third kappa shape index (κ3) is 6.52. The van der Waals surface area contributed by atoms with Gasteiger partial charge in [0.1, 0.15) is 5.92 Å². The summed E-state index contributed by atoms with van der Waals surface area (Å²) >= 11 is 0. The maximum absolute atomic E-state index is 13.2. The van der Waals surface area contributed by atoms with Crippen LogP contribution in [0.2, 0.25) is 0 Å². The number of carbonyl (C=O) groups excluding carboxylic acids is 2. The molecule has 0 aromatic heterocycles. The smallest absolute Gasteiger partial charge is 0.336 e. The summed E-state index contributed by atoms with van der Waals surface area (Å²) in [4.78, 5) is 42.9. The van der Waals surface area contributed by atoms with Gasteiger partial charge in [-0.3, -0.25) is 19.9 Å². The van der Waals surface area contributed by atoms with Gasteiger partial charge in [0.25, 0.3) is 5.69 Å². The van der Waals surface area contributed by atoms with Crippen molar-refractivity contribution < 1.29 is 24.0 Å². The van der Waals surface area contributed by atoms with Crippen LogP contribution in [0.1, 0.15) is 32.3 Å². The number of nitro benzene ring substituents is 1. The van der Waals surface area contributed by atoms with Crippen LogP contribution >= 0.6 is 21.6 Å². The highest BCUT2D eigenvalue weighted by Gasteiger charge is 2.43. The molecule has 2 aromatic rings. The van der Waals surface area contributed by atoms with E-state index in [1.807, 2.05) is 30.3 Å². The monoisotopic (exact) mass is 514 g/mol. The van der Waals surface area contributed by atoms with E-state index in [1.54, 1.807) is 43.7 Å². The van der Waals surface area contributed by atoms with E-state index in [9.17, 15) is 19.7 Å². The van der Waals surface area contributed by atoms with E-state index in [4.69, 9.17) is 9.47 Å². The SMILES string of the molecule is CCOC(=O)C1=C(CSSc2ccccc2)N=C(C)C(C(=O)OCC)C1c1cccc([N+](=O)[O-])c1. The number of hydrogen-bond acceptors (Lipinski definition) is 9. The van der Waals surface area contributed by atoms with Gasteiger partial charge in [-0.05, 0) is 38.5 Å². The number of aliphatic imine (C=N–C) groups is 1. The number of non-ortho nitro benzene ring substituents is 1. The van der Waals surface area contributed by atoms with Crippen LogP contribution in [-0.2, 0) is 19.1 Å². The molecule has 35 heavy (non-hydrogen) atoms. The molecular weight excluding hydrogens is 488 g/mol. The molecule has 1 aliphatic rings. The van der Waals surface area contributed by atoms with Crippen LogP contribution < -0.4 is 0 Å². The first-order valence-electron chi connectivity index (χ1n) is 11.1. The Morgan fingerprint density at radius 3 is 2.43 bits per heavy atom. The first-order chi connectivity index (χ1) is 16.9. The lowest BCUT2D eigenvalue weighted by Crippen LogP contribution is -2.37. The van der Waals surface area contributed by atoms with Crippen LogP contribution in [0.3, 0.4) is 0 Å². The molecule has 0 amide bonds. The van der Waals surface area contributed by atoms with Crippen LogP contribution in [0.5, 0.6) is 0 Å². The van der Waals surface area contributed by atoms with Gasteiger partial charge in [-0.1, -0.05) is 51.9 Å². The van der Waals surface area contributed by atoms with Crippen LogP contribution in [0, 0.1) is 16.0 Å². The second-order valence-electron chi connectivity index (χ2n) is 7.55. The minimum absolute atomic E-state index is 0.135. The van der Waals surface area contributed by atoms with Gasteiger partial charge in [-0.25, -0.2) is 4.79 Å². The number of rotatable bonds is 10. The van der Waals surface area contributed by atoms with E-state index in [2.05, 4.69) is 4.99 Å². The fraction of sp³-hybridized carbons (Fsp3) is 0.320. The molecule has 0 N–H and O–H groups in total. The van der Waals surface area contributed by atoms with E-state index in [0.29, 0.717) is 22.7 Å². The lowest BCUT2D eigenvalue weighted by molar-refractivity contribution is -0.384. The summed E-state index contributed by atoms with van der Waals surface area (Å²) in [6.45, 7) is 5.39. The zero-order valence-electron chi connectivity index (χ0n) is 19.6. The highest BCUT2D eigenvalue weighted by molar-refractivity contribution is 8.76. The summed E-state index contributed by atoms with van der Waals surface area (Å²) in [5, 5.41) is 11.5. The number of ether oxygens (including phenoxy) is 2. The fourth-order valence-electron chi connectivity index (χ4n) is 3.85. The van der Waals surface area contributed by atoms with Crippen molar-refractivity contribution in [2.24, 2.45) is 10.9 Å². The lowest BCUT2D eigenvalue weighted by atomic mass is 9.75. The van der Waals surface area contributed by atoms with Crippen molar-refractivity contribution >= 4 is 44.9 Å². The summed E-state index contributed by atoms with van der Waals surface area (Å²) in [6.07, 6.45) is 0. The molecule has 8 nitrogen and oxygen atoms in total. The molecule has 0 bridgehead atoms. The largest absolute Gasteiger partial charge is 0.465 e. The Kier molecular flexibility index (Phi) is 9.50. The minimum Gasteiger partial charge on any atom is -0.465 e. The molecular formula is C25H26N2O6S2. The molecule has 2 aromatic carbocycles. The molecule has 0 fully saturated rings. The Bertz CT molecular complexity index is 1150. The predicted molar refractivity (Wildman–Crippen MR) is 137 cm³/mol. The summed E-state index contributed by atoms with van der Waals surface area (Å²) < 4.78 is 10.7. The molecule has 184 valence electrons. The molecule has 2 atom stereocenters. The number of benzene rings is 2. The van der Waals surface area contributed by atoms with Gasteiger partial charge in [-0.2, -0.15) is 0 Å². The molecule has 0 spiro atoms. The van der Waals surface area contributed by atoms with E-state index >= 15 is 0 Å². The first kappa shape index (κ1) is 26.5. The maximum atomic E-state index is 13.2. The highest BCUT2D eigenvalue weighted by atomic mass is 33.1. The average molecular weight is 515 g/mol. The minimum atomic E-state index is -0.910.